The molecule has 0 spiro atoms. The Labute approximate surface area is 118 Å². The number of carboxylic acids is 1. The fourth-order valence-corrected chi connectivity index (χ4v) is 3.56. The molecule has 4 heteroatoms. The van der Waals surface area contributed by atoms with Gasteiger partial charge in [-0.3, -0.25) is 4.79 Å². The van der Waals surface area contributed by atoms with Gasteiger partial charge in [-0.05, 0) is 54.9 Å². The summed E-state index contributed by atoms with van der Waals surface area (Å²) < 4.78 is 5.68. The third-order valence-electron chi connectivity index (χ3n) is 3.57. The van der Waals surface area contributed by atoms with Crippen LogP contribution in [0, 0.1) is 18.8 Å². The topological polar surface area (TPSA) is 46.5 Å². The van der Waals surface area contributed by atoms with Crippen molar-refractivity contribution < 1.29 is 14.6 Å². The van der Waals surface area contributed by atoms with Crippen LogP contribution in [-0.4, -0.2) is 29.2 Å². The largest absolute Gasteiger partial charge is 0.493 e. The van der Waals surface area contributed by atoms with Crippen molar-refractivity contribution in [3.8, 4) is 5.75 Å². The zero-order chi connectivity index (χ0) is 13.7. The molecule has 1 saturated heterocycles. The van der Waals surface area contributed by atoms with Crippen molar-refractivity contribution in [1.29, 1.82) is 0 Å². The Balaban J connectivity index is 1.95. The summed E-state index contributed by atoms with van der Waals surface area (Å²) in [6.07, 6.45) is 1.97. The van der Waals surface area contributed by atoms with E-state index < -0.39 is 5.97 Å². The number of rotatable bonds is 5. The van der Waals surface area contributed by atoms with E-state index in [1.165, 1.54) is 0 Å². The molecule has 1 unspecified atom stereocenters. The molecule has 1 N–H and O–H groups in total. The van der Waals surface area contributed by atoms with E-state index in [0.29, 0.717) is 0 Å². The van der Waals surface area contributed by atoms with Crippen LogP contribution < -0.4 is 4.74 Å². The highest BCUT2D eigenvalue weighted by Gasteiger charge is 2.30. The first-order valence-corrected chi connectivity index (χ1v) is 7.82. The zero-order valence-corrected chi connectivity index (χ0v) is 12.0. The van der Waals surface area contributed by atoms with E-state index >= 15 is 0 Å². The second-order valence-corrected chi connectivity index (χ2v) is 6.25. The summed E-state index contributed by atoms with van der Waals surface area (Å²) in [4.78, 5) is 11.4. The molecule has 1 fully saturated rings. The van der Waals surface area contributed by atoms with Gasteiger partial charge in [0.25, 0.3) is 0 Å². The molecule has 104 valence electrons. The van der Waals surface area contributed by atoms with E-state index in [9.17, 15) is 9.90 Å². The molecule has 3 nitrogen and oxygen atoms in total. The number of hydrogen-bond donors (Lipinski definition) is 1. The Morgan fingerprint density at radius 1 is 1.47 bits per heavy atom. The van der Waals surface area contributed by atoms with E-state index in [-0.39, 0.29) is 18.4 Å². The van der Waals surface area contributed by atoms with Gasteiger partial charge in [0.05, 0.1) is 5.92 Å². The molecule has 1 aromatic carbocycles. The highest BCUT2D eigenvalue weighted by Crippen LogP contribution is 2.29. The van der Waals surface area contributed by atoms with Crippen LogP contribution in [0.5, 0.6) is 5.75 Å². The number of benzene rings is 1. The molecular weight excluding hydrogens is 260 g/mol. The van der Waals surface area contributed by atoms with E-state index in [4.69, 9.17) is 4.74 Å². The maximum atomic E-state index is 11.4. The van der Waals surface area contributed by atoms with E-state index in [0.717, 1.165) is 35.7 Å². The molecular formula is C15H20O3S. The summed E-state index contributed by atoms with van der Waals surface area (Å²) in [5, 5.41) is 9.37. The quantitative estimate of drug-likeness (QED) is 0.899. The maximum Gasteiger partial charge on any atom is 0.310 e. The monoisotopic (exact) mass is 280 g/mol. The predicted molar refractivity (Wildman–Crippen MR) is 77.8 cm³/mol. The number of ether oxygens (including phenoxy) is 1. The van der Waals surface area contributed by atoms with E-state index in [1.54, 1.807) is 0 Å². The van der Waals surface area contributed by atoms with E-state index in [2.05, 4.69) is 0 Å². The van der Waals surface area contributed by atoms with Crippen LogP contribution in [-0.2, 0) is 4.79 Å². The normalized spacial score (nSPS) is 17.9. The van der Waals surface area contributed by atoms with Gasteiger partial charge in [-0.25, -0.2) is 0 Å². The Morgan fingerprint density at radius 2 is 2.21 bits per heavy atom. The maximum absolute atomic E-state index is 11.4. The lowest BCUT2D eigenvalue weighted by Crippen LogP contribution is -2.31. The van der Waals surface area contributed by atoms with Gasteiger partial charge in [-0.1, -0.05) is 12.1 Å². The summed E-state index contributed by atoms with van der Waals surface area (Å²) >= 11 is 1.91. The van der Waals surface area contributed by atoms with Crippen molar-refractivity contribution in [2.75, 3.05) is 18.1 Å². The first-order valence-electron chi connectivity index (χ1n) is 6.67. The number of thioether (sulfide) groups is 1. The number of aliphatic carboxylic acids is 1. The number of hydrogen-bond acceptors (Lipinski definition) is 3. The molecule has 1 aliphatic heterocycles. The van der Waals surface area contributed by atoms with Crippen molar-refractivity contribution >= 4 is 17.7 Å². The fraction of sp³-hybridized carbons (Fsp3) is 0.533. The van der Waals surface area contributed by atoms with Crippen molar-refractivity contribution in [3.05, 3.63) is 29.8 Å². The average molecular weight is 280 g/mol. The molecule has 2 rings (SSSR count). The molecule has 1 heterocycles. The summed E-state index contributed by atoms with van der Waals surface area (Å²) in [5.41, 5.74) is 1.12. The summed E-state index contributed by atoms with van der Waals surface area (Å²) in [5.74, 6) is 2.03. The first-order chi connectivity index (χ1) is 9.16. The van der Waals surface area contributed by atoms with Crippen LogP contribution in [0.15, 0.2) is 24.3 Å². The zero-order valence-electron chi connectivity index (χ0n) is 11.2. The molecule has 1 atom stereocenters. The van der Waals surface area contributed by atoms with Crippen molar-refractivity contribution in [1.82, 2.24) is 0 Å². The molecule has 19 heavy (non-hydrogen) atoms. The van der Waals surface area contributed by atoms with Crippen LogP contribution in [0.25, 0.3) is 0 Å². The Kier molecular flexibility index (Phi) is 5.14. The third-order valence-corrected chi connectivity index (χ3v) is 4.62. The van der Waals surface area contributed by atoms with Crippen molar-refractivity contribution in [3.63, 3.8) is 0 Å². The van der Waals surface area contributed by atoms with Gasteiger partial charge in [0.2, 0.25) is 0 Å². The standard InChI is InChI=1S/C15H20O3S/c1-11-3-2-4-13(9-11)18-10-14(15(16)17)12-5-7-19-8-6-12/h2-4,9,12,14H,5-8,10H2,1H3,(H,16,17). The van der Waals surface area contributed by atoms with Gasteiger partial charge in [0.15, 0.2) is 0 Å². The third kappa shape index (κ3) is 4.16. The summed E-state index contributed by atoms with van der Waals surface area (Å²) in [6, 6.07) is 7.75. The van der Waals surface area contributed by atoms with Crippen LogP contribution >= 0.6 is 11.8 Å². The molecule has 1 aromatic rings. The van der Waals surface area contributed by atoms with Gasteiger partial charge in [-0.15, -0.1) is 0 Å². The molecule has 0 radical (unpaired) electrons. The molecule has 1 aliphatic rings. The number of aryl methyl sites for hydroxylation is 1. The van der Waals surface area contributed by atoms with Crippen molar-refractivity contribution in [2.24, 2.45) is 11.8 Å². The minimum atomic E-state index is -0.732. The predicted octanol–water partition coefficient (Wildman–Crippen LogP) is 3.22. The van der Waals surface area contributed by atoms with Crippen molar-refractivity contribution in [2.45, 2.75) is 19.8 Å². The van der Waals surface area contributed by atoms with Gasteiger partial charge < -0.3 is 9.84 Å². The SMILES string of the molecule is Cc1cccc(OCC(C(=O)O)C2CCSCC2)c1. The summed E-state index contributed by atoms with van der Waals surface area (Å²) in [6.45, 7) is 2.27. The Bertz CT molecular complexity index is 427. The molecule has 0 aliphatic carbocycles. The molecule has 0 aromatic heterocycles. The van der Waals surface area contributed by atoms with Crippen LogP contribution in [0.4, 0.5) is 0 Å². The first kappa shape index (κ1) is 14.3. The van der Waals surface area contributed by atoms with Crippen LogP contribution in [0.1, 0.15) is 18.4 Å². The van der Waals surface area contributed by atoms with Crippen LogP contribution in [0.3, 0.4) is 0 Å². The lowest BCUT2D eigenvalue weighted by atomic mass is 9.88. The molecule has 0 saturated carbocycles. The van der Waals surface area contributed by atoms with E-state index in [1.807, 2.05) is 43.0 Å². The van der Waals surface area contributed by atoms with Gasteiger partial charge >= 0.3 is 5.97 Å². The lowest BCUT2D eigenvalue weighted by Gasteiger charge is -2.27. The smallest absolute Gasteiger partial charge is 0.310 e. The Hall–Kier alpha value is -1.16. The second-order valence-electron chi connectivity index (χ2n) is 5.02. The Morgan fingerprint density at radius 3 is 2.84 bits per heavy atom. The fourth-order valence-electron chi connectivity index (χ4n) is 2.42. The van der Waals surface area contributed by atoms with Gasteiger partial charge in [-0.2, -0.15) is 11.8 Å². The summed E-state index contributed by atoms with van der Waals surface area (Å²) in [7, 11) is 0. The van der Waals surface area contributed by atoms with Gasteiger partial charge in [0.1, 0.15) is 12.4 Å². The van der Waals surface area contributed by atoms with Gasteiger partial charge in [0, 0.05) is 0 Å². The average Bonchev–Trinajstić information content (AvgIpc) is 2.40. The molecule has 0 amide bonds. The highest BCUT2D eigenvalue weighted by atomic mass is 32.2. The van der Waals surface area contributed by atoms with Crippen LogP contribution in [0.2, 0.25) is 0 Å². The number of carbonyl (C=O) groups is 1. The minimum absolute atomic E-state index is 0.253. The second kappa shape index (κ2) is 6.85. The minimum Gasteiger partial charge on any atom is -0.493 e. The lowest BCUT2D eigenvalue weighted by molar-refractivity contribution is -0.145. The number of carboxylic acid groups (broad SMARTS) is 1. The molecule has 0 bridgehead atoms. The highest BCUT2D eigenvalue weighted by molar-refractivity contribution is 7.99.